The van der Waals surface area contributed by atoms with Gasteiger partial charge in [0.25, 0.3) is 0 Å². The second-order valence-corrected chi connectivity index (χ2v) is 8.61. The average molecular weight is 349 g/mol. The van der Waals surface area contributed by atoms with E-state index < -0.39 is 0 Å². The maximum absolute atomic E-state index is 12.8. The van der Waals surface area contributed by atoms with Crippen molar-refractivity contribution in [2.45, 2.75) is 54.1 Å². The van der Waals surface area contributed by atoms with Gasteiger partial charge in [0, 0.05) is 5.56 Å². The van der Waals surface area contributed by atoms with Gasteiger partial charge in [-0.05, 0) is 96.7 Å². The number of benzene rings is 2. The Morgan fingerprint density at radius 2 is 1.48 bits per heavy atom. The van der Waals surface area contributed by atoms with E-state index in [1.54, 1.807) is 0 Å². The maximum Gasteiger partial charge on any atom is 1.00 e. The molecule has 1 unspecified atom stereocenters. The monoisotopic (exact) mass is 349 g/mol. The molecule has 25 heavy (non-hydrogen) atoms. The third kappa shape index (κ3) is 5.72. The van der Waals surface area contributed by atoms with Crippen LogP contribution in [-0.4, -0.2) is 11.1 Å². The number of carbonyl (C=O) groups excluding carboxylic acids is 1. The SMILES string of the molecule is Cc1cc(C)c(C(=O)Pc2ccc(OC(C)(C)C)cc2)c(C)c1C.[Li+]. The van der Waals surface area contributed by atoms with Crippen LogP contribution >= 0.6 is 8.58 Å². The molecule has 0 aliphatic heterocycles. The topological polar surface area (TPSA) is 26.3 Å². The van der Waals surface area contributed by atoms with Crippen molar-refractivity contribution in [2.24, 2.45) is 0 Å². The van der Waals surface area contributed by atoms with E-state index in [9.17, 15) is 4.79 Å². The summed E-state index contributed by atoms with van der Waals surface area (Å²) in [7, 11) is 0.132. The second-order valence-electron chi connectivity index (χ2n) is 7.33. The summed E-state index contributed by atoms with van der Waals surface area (Å²) in [5.74, 6) is 0.835. The minimum Gasteiger partial charge on any atom is -0.488 e. The van der Waals surface area contributed by atoms with Crippen LogP contribution in [0, 0.1) is 27.7 Å². The van der Waals surface area contributed by atoms with Gasteiger partial charge in [-0.1, -0.05) is 18.2 Å². The van der Waals surface area contributed by atoms with Crippen molar-refractivity contribution in [3.05, 3.63) is 58.1 Å². The second kappa shape index (κ2) is 8.55. The first-order chi connectivity index (χ1) is 11.1. The predicted molar refractivity (Wildman–Crippen MR) is 104 cm³/mol. The molecule has 0 saturated carbocycles. The normalized spacial score (nSPS) is 11.5. The van der Waals surface area contributed by atoms with Crippen LogP contribution in [0.25, 0.3) is 0 Å². The Morgan fingerprint density at radius 1 is 0.920 bits per heavy atom. The van der Waals surface area contributed by atoms with Gasteiger partial charge in [-0.3, -0.25) is 4.79 Å². The van der Waals surface area contributed by atoms with Gasteiger partial charge < -0.3 is 4.74 Å². The molecule has 128 valence electrons. The summed E-state index contributed by atoms with van der Waals surface area (Å²) < 4.78 is 5.83. The van der Waals surface area contributed by atoms with Crippen molar-refractivity contribution in [2.75, 3.05) is 0 Å². The number of ether oxygens (including phenoxy) is 1. The van der Waals surface area contributed by atoms with Gasteiger partial charge in [0.05, 0.1) is 0 Å². The van der Waals surface area contributed by atoms with E-state index >= 15 is 0 Å². The Morgan fingerprint density at radius 3 is 2.00 bits per heavy atom. The first kappa shape index (κ1) is 22.0. The molecule has 0 bridgehead atoms. The van der Waals surface area contributed by atoms with Gasteiger partial charge >= 0.3 is 18.9 Å². The molecule has 2 aromatic carbocycles. The average Bonchev–Trinajstić information content (AvgIpc) is 2.45. The van der Waals surface area contributed by atoms with E-state index in [0.717, 1.165) is 27.7 Å². The van der Waals surface area contributed by atoms with Crippen LogP contribution in [0.15, 0.2) is 30.3 Å². The van der Waals surface area contributed by atoms with Crippen LogP contribution in [0.4, 0.5) is 0 Å². The Bertz CT molecular complexity index is 759. The first-order valence-corrected chi connectivity index (χ1v) is 9.26. The van der Waals surface area contributed by atoms with E-state index in [1.165, 1.54) is 11.1 Å². The van der Waals surface area contributed by atoms with Crippen LogP contribution < -0.4 is 28.9 Å². The van der Waals surface area contributed by atoms with Gasteiger partial charge in [0.1, 0.15) is 11.4 Å². The van der Waals surface area contributed by atoms with Gasteiger partial charge in [-0.25, -0.2) is 0 Å². The largest absolute Gasteiger partial charge is 1.00 e. The van der Waals surface area contributed by atoms with Crippen LogP contribution in [-0.2, 0) is 0 Å². The van der Waals surface area contributed by atoms with Crippen LogP contribution in [0.1, 0.15) is 53.4 Å². The van der Waals surface area contributed by atoms with Crippen molar-refractivity contribution in [1.29, 1.82) is 0 Å². The third-order valence-electron chi connectivity index (χ3n) is 4.12. The van der Waals surface area contributed by atoms with Gasteiger partial charge in [0.2, 0.25) is 0 Å². The molecule has 0 aliphatic carbocycles. The van der Waals surface area contributed by atoms with Gasteiger partial charge in [-0.2, -0.15) is 0 Å². The fraction of sp³-hybridized carbons (Fsp3) is 0.381. The fourth-order valence-corrected chi connectivity index (χ4v) is 3.89. The number of carbonyl (C=O) groups is 1. The molecule has 4 heteroatoms. The maximum atomic E-state index is 12.8. The number of hydrogen-bond acceptors (Lipinski definition) is 2. The zero-order valence-corrected chi connectivity index (χ0v) is 17.7. The minimum absolute atomic E-state index is 0. The van der Waals surface area contributed by atoms with Crippen molar-refractivity contribution in [3.63, 3.8) is 0 Å². The van der Waals surface area contributed by atoms with Crippen LogP contribution in [0.5, 0.6) is 5.75 Å². The van der Waals surface area contributed by atoms with Crippen LogP contribution in [0.2, 0.25) is 0 Å². The zero-order valence-electron chi connectivity index (χ0n) is 16.7. The molecule has 0 fully saturated rings. The number of aryl methyl sites for hydroxylation is 2. The summed E-state index contributed by atoms with van der Waals surface area (Å²) in [5, 5.41) is 1.04. The van der Waals surface area contributed by atoms with Crippen molar-refractivity contribution < 1.29 is 28.4 Å². The number of hydrogen-bond donors (Lipinski definition) is 0. The van der Waals surface area contributed by atoms with Crippen molar-refractivity contribution >= 4 is 19.4 Å². The Balaban J connectivity index is 0.00000312. The third-order valence-corrected chi connectivity index (χ3v) is 5.22. The molecule has 0 saturated heterocycles. The molecule has 0 N–H and O–H groups in total. The standard InChI is InChI=1S/C21H27O2P.Li/c1-13-12-14(2)19(16(4)15(13)3)20(22)24-18-10-8-17(9-11-18)23-21(5,6)7;/h8-12,24H,1-7H3;/q;+1. The molecule has 2 nitrogen and oxygen atoms in total. The summed E-state index contributed by atoms with van der Waals surface area (Å²) in [6.45, 7) is 14.3. The molecule has 0 aliphatic rings. The van der Waals surface area contributed by atoms with Crippen LogP contribution in [0.3, 0.4) is 0 Å². The van der Waals surface area contributed by atoms with E-state index in [0.29, 0.717) is 0 Å². The molecule has 2 rings (SSSR count). The summed E-state index contributed by atoms with van der Waals surface area (Å²) >= 11 is 0. The molecule has 1 atom stereocenters. The predicted octanol–water partition coefficient (Wildman–Crippen LogP) is 2.25. The fourth-order valence-electron chi connectivity index (χ4n) is 2.79. The molecule has 2 aromatic rings. The van der Waals surface area contributed by atoms with Crippen molar-refractivity contribution in [3.8, 4) is 5.75 Å². The van der Waals surface area contributed by atoms with E-state index in [2.05, 4.69) is 19.9 Å². The summed E-state index contributed by atoms with van der Waals surface area (Å²) in [5.41, 5.74) is 5.51. The molecule has 0 heterocycles. The van der Waals surface area contributed by atoms with Crippen molar-refractivity contribution in [1.82, 2.24) is 0 Å². The molecule has 0 amide bonds. The minimum atomic E-state index is -0.215. The molecule has 0 aromatic heterocycles. The Kier molecular flexibility index (Phi) is 7.51. The van der Waals surface area contributed by atoms with E-state index in [1.807, 2.05) is 58.9 Å². The van der Waals surface area contributed by atoms with E-state index in [4.69, 9.17) is 4.74 Å². The number of rotatable bonds is 4. The molecule has 0 spiro atoms. The summed E-state index contributed by atoms with van der Waals surface area (Å²) in [6, 6.07) is 9.98. The smallest absolute Gasteiger partial charge is 0.488 e. The Hall–Kier alpha value is -1.06. The molecule has 0 radical (unpaired) electrons. The first-order valence-electron chi connectivity index (χ1n) is 8.26. The van der Waals surface area contributed by atoms with Gasteiger partial charge in [-0.15, -0.1) is 0 Å². The zero-order chi connectivity index (χ0) is 18.1. The summed E-state index contributed by atoms with van der Waals surface area (Å²) in [4.78, 5) is 12.8. The Labute approximate surface area is 165 Å². The molecular weight excluding hydrogens is 322 g/mol. The van der Waals surface area contributed by atoms with Gasteiger partial charge in [0.15, 0.2) is 5.52 Å². The molecular formula is C21H27LiO2P+. The van der Waals surface area contributed by atoms with E-state index in [-0.39, 0.29) is 38.6 Å². The summed E-state index contributed by atoms with van der Waals surface area (Å²) in [6.07, 6.45) is 0. The quantitative estimate of drug-likeness (QED) is 0.625.